The molecule has 40 heavy (non-hydrogen) atoms. The van der Waals surface area contributed by atoms with Crippen LogP contribution in [0.2, 0.25) is 5.02 Å². The number of aryl methyl sites for hydroxylation is 1. The van der Waals surface area contributed by atoms with Crippen LogP contribution in [0.4, 0.5) is 0 Å². The highest BCUT2D eigenvalue weighted by Gasteiger charge is 2.45. The van der Waals surface area contributed by atoms with Gasteiger partial charge in [0.15, 0.2) is 28.7 Å². The van der Waals surface area contributed by atoms with Gasteiger partial charge in [0.1, 0.15) is 0 Å². The molecule has 1 fully saturated rings. The third-order valence-electron chi connectivity index (χ3n) is 7.45. The number of hydrogen-bond acceptors (Lipinski definition) is 7. The second-order valence-corrected chi connectivity index (χ2v) is 10.1. The number of ether oxygens (including phenoxy) is 4. The number of hydrazone groups is 1. The van der Waals surface area contributed by atoms with Gasteiger partial charge in [-0.05, 0) is 73.2 Å². The summed E-state index contributed by atoms with van der Waals surface area (Å²) in [4.78, 5) is 14.0. The van der Waals surface area contributed by atoms with Crippen molar-refractivity contribution in [2.24, 2.45) is 11.0 Å². The first-order valence-corrected chi connectivity index (χ1v) is 13.6. The summed E-state index contributed by atoms with van der Waals surface area (Å²) in [6.07, 6.45) is 6.46. The van der Waals surface area contributed by atoms with Crippen molar-refractivity contribution in [1.29, 1.82) is 0 Å². The summed E-state index contributed by atoms with van der Waals surface area (Å²) in [5.74, 6) is 2.16. The van der Waals surface area contributed by atoms with Crippen LogP contribution in [0.25, 0.3) is 6.08 Å². The van der Waals surface area contributed by atoms with E-state index >= 15 is 0 Å². The largest absolute Gasteiger partial charge is 0.493 e. The van der Waals surface area contributed by atoms with Crippen molar-refractivity contribution in [2.45, 2.75) is 38.8 Å². The second-order valence-electron chi connectivity index (χ2n) is 9.66. The van der Waals surface area contributed by atoms with Crippen LogP contribution >= 0.6 is 11.6 Å². The molecule has 1 aromatic heterocycles. The molecule has 1 aliphatic heterocycles. The number of aromatic nitrogens is 2. The molecule has 2 aliphatic rings. The molecule has 1 saturated carbocycles. The molecule has 2 heterocycles. The van der Waals surface area contributed by atoms with Gasteiger partial charge in [-0.2, -0.15) is 10.2 Å². The van der Waals surface area contributed by atoms with Gasteiger partial charge in [-0.3, -0.25) is 9.48 Å². The summed E-state index contributed by atoms with van der Waals surface area (Å²) in [6, 6.07) is 11.2. The fourth-order valence-corrected chi connectivity index (χ4v) is 5.73. The number of benzene rings is 2. The van der Waals surface area contributed by atoms with Crippen LogP contribution in [-0.4, -0.2) is 54.8 Å². The van der Waals surface area contributed by atoms with Crippen molar-refractivity contribution in [1.82, 2.24) is 14.8 Å². The molecule has 0 unspecified atom stereocenters. The summed E-state index contributed by atoms with van der Waals surface area (Å²) in [5.41, 5.74) is 4.01. The molecular formula is C30H33ClN4O5. The lowest BCUT2D eigenvalue weighted by molar-refractivity contribution is 0.0673. The van der Waals surface area contributed by atoms with Gasteiger partial charge in [-0.25, -0.2) is 5.01 Å². The van der Waals surface area contributed by atoms with Crippen LogP contribution < -0.4 is 18.9 Å². The highest BCUT2D eigenvalue weighted by molar-refractivity contribution is 6.33. The Balaban J connectivity index is 1.60. The summed E-state index contributed by atoms with van der Waals surface area (Å²) in [6.45, 7) is 2.54. The van der Waals surface area contributed by atoms with Gasteiger partial charge in [-0.15, -0.1) is 0 Å². The number of carbonyl (C=O) groups is 1. The average Bonchev–Trinajstić information content (AvgIpc) is 3.57. The van der Waals surface area contributed by atoms with Crippen LogP contribution in [0.3, 0.4) is 0 Å². The molecule has 1 amide bonds. The number of halogens is 1. The van der Waals surface area contributed by atoms with Crippen molar-refractivity contribution in [2.75, 3.05) is 28.4 Å². The maximum absolute atomic E-state index is 14.0. The van der Waals surface area contributed by atoms with Crippen LogP contribution in [0.1, 0.15) is 53.8 Å². The van der Waals surface area contributed by atoms with Crippen molar-refractivity contribution < 1.29 is 23.7 Å². The molecule has 2 atom stereocenters. The summed E-state index contributed by atoms with van der Waals surface area (Å²) in [5, 5.41) is 11.3. The summed E-state index contributed by atoms with van der Waals surface area (Å²) < 4.78 is 23.6. The van der Waals surface area contributed by atoms with E-state index in [1.165, 1.54) is 0 Å². The van der Waals surface area contributed by atoms with Crippen molar-refractivity contribution in [3.63, 3.8) is 0 Å². The van der Waals surface area contributed by atoms with Gasteiger partial charge in [0.2, 0.25) is 0 Å². The maximum Gasteiger partial charge on any atom is 0.296 e. The molecule has 0 saturated heterocycles. The van der Waals surface area contributed by atoms with Crippen LogP contribution in [0.15, 0.2) is 53.3 Å². The number of nitrogens with zero attached hydrogens (tertiary/aromatic N) is 4. The first-order valence-electron chi connectivity index (χ1n) is 13.2. The van der Waals surface area contributed by atoms with Gasteiger partial charge in [0.25, 0.3) is 5.91 Å². The molecule has 9 nitrogen and oxygen atoms in total. The predicted octanol–water partition coefficient (Wildman–Crippen LogP) is 6.03. The van der Waals surface area contributed by atoms with E-state index in [4.69, 9.17) is 35.6 Å². The monoisotopic (exact) mass is 564 g/mol. The minimum absolute atomic E-state index is 0.0192. The standard InChI is InChI=1S/C30H33ClN4O5/c1-6-34-17-22(31)28(32-34)30(36)35-29(20-11-13-24(38-3)26(16-20)40-5)21-9-7-8-19(27(21)33-35)14-18-10-12-23(37-2)25(15-18)39-4/h10-17,21,29H,6-9H2,1-5H3/b19-14-/t21-,29-/m0/s1. The molecule has 10 heteroatoms. The third kappa shape index (κ3) is 5.01. The summed E-state index contributed by atoms with van der Waals surface area (Å²) in [7, 11) is 6.44. The zero-order valence-corrected chi connectivity index (χ0v) is 24.1. The first-order chi connectivity index (χ1) is 19.4. The smallest absolute Gasteiger partial charge is 0.296 e. The Labute approximate surface area is 238 Å². The van der Waals surface area contributed by atoms with E-state index in [0.717, 1.165) is 41.7 Å². The number of amides is 1. The Morgan fingerprint density at radius 2 is 1.68 bits per heavy atom. The Bertz CT molecular complexity index is 1480. The Morgan fingerprint density at radius 1 is 1.00 bits per heavy atom. The van der Waals surface area contributed by atoms with Gasteiger partial charge in [0.05, 0.1) is 45.2 Å². The van der Waals surface area contributed by atoms with E-state index in [1.54, 1.807) is 44.3 Å². The molecule has 0 N–H and O–H groups in total. The number of methoxy groups -OCH3 is 4. The lowest BCUT2D eigenvalue weighted by Crippen LogP contribution is -2.32. The van der Waals surface area contributed by atoms with Crippen molar-refractivity contribution in [3.05, 3.63) is 70.0 Å². The topological polar surface area (TPSA) is 87.4 Å². The number of hydrogen-bond donors (Lipinski definition) is 0. The number of carbonyl (C=O) groups excluding carboxylic acids is 1. The van der Waals surface area contributed by atoms with Gasteiger partial charge < -0.3 is 18.9 Å². The molecule has 0 bridgehead atoms. The van der Waals surface area contributed by atoms with Gasteiger partial charge in [-0.1, -0.05) is 23.7 Å². The average molecular weight is 565 g/mol. The lowest BCUT2D eigenvalue weighted by atomic mass is 9.77. The Kier molecular flexibility index (Phi) is 8.02. The van der Waals surface area contributed by atoms with Crippen molar-refractivity contribution >= 4 is 29.3 Å². The zero-order valence-electron chi connectivity index (χ0n) is 23.3. The van der Waals surface area contributed by atoms with E-state index in [9.17, 15) is 4.79 Å². The van der Waals surface area contributed by atoms with Gasteiger partial charge >= 0.3 is 0 Å². The number of fused-ring (bicyclic) bond motifs is 1. The molecule has 5 rings (SSSR count). The van der Waals surface area contributed by atoms with E-state index in [1.807, 2.05) is 43.3 Å². The normalized spacial score (nSPS) is 19.3. The van der Waals surface area contributed by atoms with Crippen LogP contribution in [0.5, 0.6) is 23.0 Å². The maximum atomic E-state index is 14.0. The van der Waals surface area contributed by atoms with Crippen LogP contribution in [-0.2, 0) is 6.54 Å². The minimum atomic E-state index is -0.362. The third-order valence-corrected chi connectivity index (χ3v) is 7.73. The van der Waals surface area contributed by atoms with Crippen LogP contribution in [0, 0.1) is 5.92 Å². The van der Waals surface area contributed by atoms with E-state index in [-0.39, 0.29) is 23.6 Å². The van der Waals surface area contributed by atoms with E-state index in [0.29, 0.717) is 34.6 Å². The Hall–Kier alpha value is -3.98. The SMILES string of the molecule is CCn1cc(Cl)c(C(=O)N2N=C3/C(=C\c4ccc(OC)c(OC)c4)CCC[C@@H]3[C@@H]2c2ccc(OC)c(OC)c2)n1. The molecule has 2 aromatic carbocycles. The molecule has 210 valence electrons. The highest BCUT2D eigenvalue weighted by Crippen LogP contribution is 2.46. The fraction of sp³-hybridized carbons (Fsp3) is 0.367. The van der Waals surface area contributed by atoms with E-state index in [2.05, 4.69) is 11.2 Å². The quantitative estimate of drug-likeness (QED) is 0.332. The highest BCUT2D eigenvalue weighted by atomic mass is 35.5. The lowest BCUT2D eigenvalue weighted by Gasteiger charge is -2.29. The number of allylic oxidation sites excluding steroid dienone is 1. The van der Waals surface area contributed by atoms with E-state index < -0.39 is 0 Å². The predicted molar refractivity (Wildman–Crippen MR) is 154 cm³/mol. The second kappa shape index (κ2) is 11.6. The van der Waals surface area contributed by atoms with Gasteiger partial charge in [0, 0.05) is 18.7 Å². The molecular weight excluding hydrogens is 532 g/mol. The fourth-order valence-electron chi connectivity index (χ4n) is 5.49. The molecule has 0 radical (unpaired) electrons. The molecule has 1 aliphatic carbocycles. The zero-order chi connectivity index (χ0) is 28.4. The number of rotatable bonds is 8. The summed E-state index contributed by atoms with van der Waals surface area (Å²) >= 11 is 6.47. The molecule has 3 aromatic rings. The first kappa shape index (κ1) is 27.6. The Morgan fingerprint density at radius 3 is 2.33 bits per heavy atom. The minimum Gasteiger partial charge on any atom is -0.493 e. The van der Waals surface area contributed by atoms with Crippen molar-refractivity contribution in [3.8, 4) is 23.0 Å². The molecule has 0 spiro atoms.